The number of rotatable bonds is 4. The van der Waals surface area contributed by atoms with Gasteiger partial charge in [0, 0.05) is 30.5 Å². The number of amides is 1. The lowest BCUT2D eigenvalue weighted by atomic mass is 10.2. The maximum absolute atomic E-state index is 13.3. The molecule has 20 heavy (non-hydrogen) atoms. The van der Waals surface area contributed by atoms with Crippen LogP contribution in [0.3, 0.4) is 0 Å². The van der Waals surface area contributed by atoms with Crippen LogP contribution in [0.25, 0.3) is 0 Å². The van der Waals surface area contributed by atoms with Crippen LogP contribution in [-0.4, -0.2) is 21.4 Å². The van der Waals surface area contributed by atoms with Crippen molar-refractivity contribution in [1.82, 2.24) is 9.47 Å². The van der Waals surface area contributed by atoms with Gasteiger partial charge in [0.05, 0.1) is 6.54 Å². The average molecular weight is 272 g/mol. The van der Waals surface area contributed by atoms with Gasteiger partial charge in [-0.1, -0.05) is 6.07 Å². The van der Waals surface area contributed by atoms with E-state index in [-0.39, 0.29) is 11.7 Å². The third kappa shape index (κ3) is 2.59. The third-order valence-electron chi connectivity index (χ3n) is 3.70. The first kappa shape index (κ1) is 12.9. The zero-order chi connectivity index (χ0) is 14.1. The summed E-state index contributed by atoms with van der Waals surface area (Å²) in [5.74, 6) is -0.460. The molecule has 1 amide bonds. The highest BCUT2D eigenvalue weighted by molar-refractivity contribution is 5.94. The van der Waals surface area contributed by atoms with Crippen molar-refractivity contribution < 1.29 is 9.18 Å². The van der Waals surface area contributed by atoms with Gasteiger partial charge < -0.3 is 9.47 Å². The Kier molecular flexibility index (Phi) is 3.30. The molecule has 1 saturated carbocycles. The highest BCUT2D eigenvalue weighted by atomic mass is 19.1. The van der Waals surface area contributed by atoms with Gasteiger partial charge in [0.1, 0.15) is 5.82 Å². The molecule has 1 heterocycles. The number of nitrogens with zero attached hydrogens (tertiary/aromatic N) is 2. The van der Waals surface area contributed by atoms with Crippen LogP contribution >= 0.6 is 0 Å². The van der Waals surface area contributed by atoms with E-state index in [0.29, 0.717) is 18.2 Å². The Hall–Kier alpha value is -2.10. The molecule has 0 N–H and O–H groups in total. The quantitative estimate of drug-likeness (QED) is 0.840. The summed E-state index contributed by atoms with van der Waals surface area (Å²) in [6.45, 7) is 0.573. The van der Waals surface area contributed by atoms with E-state index in [1.54, 1.807) is 12.1 Å². The molecule has 2 aromatic rings. The van der Waals surface area contributed by atoms with Crippen LogP contribution in [-0.2, 0) is 13.6 Å². The number of carbonyl (C=O) groups is 1. The summed E-state index contributed by atoms with van der Waals surface area (Å²) in [4.78, 5) is 14.4. The zero-order valence-electron chi connectivity index (χ0n) is 11.4. The molecule has 0 spiro atoms. The smallest absolute Gasteiger partial charge is 0.254 e. The second-order valence-corrected chi connectivity index (χ2v) is 5.29. The molecule has 0 unspecified atom stereocenters. The minimum Gasteiger partial charge on any atom is -0.353 e. The molecule has 0 bridgehead atoms. The van der Waals surface area contributed by atoms with Crippen molar-refractivity contribution in [2.45, 2.75) is 25.4 Å². The SMILES string of the molecule is Cn1cccc1CN(C(=O)c1cccc(F)c1)C1CC1. The normalized spacial score (nSPS) is 14.3. The number of benzene rings is 1. The van der Waals surface area contributed by atoms with E-state index in [1.807, 2.05) is 34.8 Å². The van der Waals surface area contributed by atoms with E-state index in [0.717, 1.165) is 18.5 Å². The van der Waals surface area contributed by atoms with Crippen LogP contribution in [0, 0.1) is 5.82 Å². The molecule has 1 aromatic carbocycles. The van der Waals surface area contributed by atoms with Gasteiger partial charge in [0.25, 0.3) is 5.91 Å². The Labute approximate surface area is 117 Å². The van der Waals surface area contributed by atoms with E-state index in [9.17, 15) is 9.18 Å². The van der Waals surface area contributed by atoms with Crippen LogP contribution in [0.15, 0.2) is 42.6 Å². The van der Waals surface area contributed by atoms with Crippen molar-refractivity contribution in [2.24, 2.45) is 7.05 Å². The fourth-order valence-electron chi connectivity index (χ4n) is 2.38. The molecule has 104 valence electrons. The van der Waals surface area contributed by atoms with Crippen LogP contribution in [0.1, 0.15) is 28.9 Å². The lowest BCUT2D eigenvalue weighted by Gasteiger charge is -2.23. The molecule has 1 aliphatic rings. The van der Waals surface area contributed by atoms with Crippen molar-refractivity contribution in [3.8, 4) is 0 Å². The van der Waals surface area contributed by atoms with Crippen molar-refractivity contribution in [1.29, 1.82) is 0 Å². The Bertz CT molecular complexity index is 631. The highest BCUT2D eigenvalue weighted by Gasteiger charge is 2.33. The van der Waals surface area contributed by atoms with E-state index in [1.165, 1.54) is 12.1 Å². The molecule has 0 saturated heterocycles. The molecule has 0 aliphatic heterocycles. The monoisotopic (exact) mass is 272 g/mol. The summed E-state index contributed by atoms with van der Waals surface area (Å²) >= 11 is 0. The van der Waals surface area contributed by atoms with Gasteiger partial charge in [0.2, 0.25) is 0 Å². The van der Waals surface area contributed by atoms with Crippen molar-refractivity contribution in [2.75, 3.05) is 0 Å². The van der Waals surface area contributed by atoms with Crippen LogP contribution in [0.2, 0.25) is 0 Å². The number of hydrogen-bond acceptors (Lipinski definition) is 1. The summed E-state index contributed by atoms with van der Waals surface area (Å²) in [7, 11) is 1.97. The van der Waals surface area contributed by atoms with E-state index in [2.05, 4.69) is 0 Å². The number of hydrogen-bond donors (Lipinski definition) is 0. The predicted molar refractivity (Wildman–Crippen MR) is 74.7 cm³/mol. The van der Waals surface area contributed by atoms with Crippen LogP contribution < -0.4 is 0 Å². The molecular weight excluding hydrogens is 255 g/mol. The van der Waals surface area contributed by atoms with Gasteiger partial charge in [-0.15, -0.1) is 0 Å². The molecule has 3 nitrogen and oxygen atoms in total. The zero-order valence-corrected chi connectivity index (χ0v) is 11.4. The summed E-state index contributed by atoms with van der Waals surface area (Å²) in [5.41, 5.74) is 1.51. The third-order valence-corrected chi connectivity index (χ3v) is 3.70. The predicted octanol–water partition coefficient (Wildman–Crippen LogP) is 2.97. The van der Waals surface area contributed by atoms with Crippen LogP contribution in [0.4, 0.5) is 4.39 Å². The lowest BCUT2D eigenvalue weighted by Crippen LogP contribution is -2.33. The van der Waals surface area contributed by atoms with Crippen LogP contribution in [0.5, 0.6) is 0 Å². The van der Waals surface area contributed by atoms with Gasteiger partial charge in [-0.3, -0.25) is 4.79 Å². The Morgan fingerprint density at radius 1 is 1.35 bits per heavy atom. The van der Waals surface area contributed by atoms with Gasteiger partial charge in [0.15, 0.2) is 0 Å². The standard InChI is InChI=1S/C16H17FN2O/c1-18-9-3-6-15(18)11-19(14-7-8-14)16(20)12-4-2-5-13(17)10-12/h2-6,9-10,14H,7-8,11H2,1H3. The molecule has 0 radical (unpaired) electrons. The molecule has 3 rings (SSSR count). The van der Waals surface area contributed by atoms with E-state index >= 15 is 0 Å². The second kappa shape index (κ2) is 5.12. The van der Waals surface area contributed by atoms with E-state index < -0.39 is 0 Å². The first-order valence-corrected chi connectivity index (χ1v) is 6.82. The van der Waals surface area contributed by atoms with Crippen molar-refractivity contribution in [3.05, 3.63) is 59.7 Å². The van der Waals surface area contributed by atoms with Crippen molar-refractivity contribution >= 4 is 5.91 Å². The summed E-state index contributed by atoms with van der Waals surface area (Å²) in [6.07, 6.45) is 4.03. The largest absolute Gasteiger partial charge is 0.353 e. The summed E-state index contributed by atoms with van der Waals surface area (Å²) in [6, 6.07) is 10.2. The average Bonchev–Trinajstić information content (AvgIpc) is 3.19. The van der Waals surface area contributed by atoms with Gasteiger partial charge >= 0.3 is 0 Å². The molecular formula is C16H17FN2O. The Morgan fingerprint density at radius 3 is 2.75 bits per heavy atom. The van der Waals surface area contributed by atoms with Gasteiger partial charge in [-0.2, -0.15) is 0 Å². The summed E-state index contributed by atoms with van der Waals surface area (Å²) < 4.78 is 15.3. The van der Waals surface area contributed by atoms with E-state index in [4.69, 9.17) is 0 Å². The highest BCUT2D eigenvalue weighted by Crippen LogP contribution is 2.30. The number of aryl methyl sites for hydroxylation is 1. The van der Waals surface area contributed by atoms with Gasteiger partial charge in [-0.25, -0.2) is 4.39 Å². The second-order valence-electron chi connectivity index (χ2n) is 5.29. The minimum atomic E-state index is -0.370. The maximum Gasteiger partial charge on any atom is 0.254 e. The Morgan fingerprint density at radius 2 is 2.15 bits per heavy atom. The fourth-order valence-corrected chi connectivity index (χ4v) is 2.38. The van der Waals surface area contributed by atoms with Gasteiger partial charge in [-0.05, 0) is 43.2 Å². The first-order valence-electron chi connectivity index (χ1n) is 6.82. The fraction of sp³-hybridized carbons (Fsp3) is 0.312. The van der Waals surface area contributed by atoms with Crippen molar-refractivity contribution in [3.63, 3.8) is 0 Å². The Balaban J connectivity index is 1.84. The minimum absolute atomic E-state index is 0.0896. The maximum atomic E-state index is 13.3. The molecule has 1 aromatic heterocycles. The summed E-state index contributed by atoms with van der Waals surface area (Å²) in [5, 5.41) is 0. The first-order chi connectivity index (χ1) is 9.65. The lowest BCUT2D eigenvalue weighted by molar-refractivity contribution is 0.0726. The number of aromatic nitrogens is 1. The molecule has 1 aliphatic carbocycles. The number of halogens is 1. The molecule has 0 atom stereocenters. The molecule has 4 heteroatoms. The number of carbonyl (C=O) groups excluding carboxylic acids is 1. The topological polar surface area (TPSA) is 25.2 Å². The molecule has 1 fully saturated rings.